The van der Waals surface area contributed by atoms with Crippen molar-refractivity contribution < 1.29 is 9.53 Å². The fourth-order valence-corrected chi connectivity index (χ4v) is 3.74. The van der Waals surface area contributed by atoms with E-state index in [4.69, 9.17) is 4.74 Å². The zero-order valence-corrected chi connectivity index (χ0v) is 17.4. The van der Waals surface area contributed by atoms with Crippen LogP contribution in [-0.4, -0.2) is 46.4 Å². The van der Waals surface area contributed by atoms with Gasteiger partial charge in [0.05, 0.1) is 18.3 Å². The third-order valence-electron chi connectivity index (χ3n) is 5.38. The van der Waals surface area contributed by atoms with Gasteiger partial charge in [-0.3, -0.25) is 9.48 Å². The number of aryl methyl sites for hydroxylation is 2. The number of amides is 1. The number of rotatable bonds is 6. The quantitative estimate of drug-likeness (QED) is 0.713. The summed E-state index contributed by atoms with van der Waals surface area (Å²) < 4.78 is 7.71. The monoisotopic (exact) mass is 381 g/mol. The first kappa shape index (κ1) is 20.3. The second-order valence-electron chi connectivity index (χ2n) is 7.56. The highest BCUT2D eigenvalue weighted by atomic mass is 16.5. The molecule has 2 aromatic rings. The molecule has 1 atom stereocenters. The Morgan fingerprint density at radius 2 is 2.00 bits per heavy atom. The average Bonchev–Trinajstić information content (AvgIpc) is 2.95. The molecule has 1 aliphatic rings. The van der Waals surface area contributed by atoms with Gasteiger partial charge in [0, 0.05) is 37.0 Å². The molecule has 0 saturated carbocycles. The van der Waals surface area contributed by atoms with Crippen LogP contribution >= 0.6 is 0 Å². The van der Waals surface area contributed by atoms with E-state index in [1.807, 2.05) is 29.5 Å². The van der Waals surface area contributed by atoms with Crippen LogP contribution in [-0.2, 0) is 16.1 Å². The number of piperidine rings is 1. The first-order chi connectivity index (χ1) is 13.5. The number of nitrogens with zero attached hydrogens (tertiary/aromatic N) is 3. The number of carbonyl (C=O) groups is 1. The summed E-state index contributed by atoms with van der Waals surface area (Å²) in [7, 11) is 0. The largest absolute Gasteiger partial charge is 0.377 e. The highest BCUT2D eigenvalue weighted by molar-refractivity contribution is 5.92. The Morgan fingerprint density at radius 1 is 1.25 bits per heavy atom. The molecule has 2 heterocycles. The van der Waals surface area contributed by atoms with E-state index >= 15 is 0 Å². The van der Waals surface area contributed by atoms with Crippen molar-refractivity contribution in [3.63, 3.8) is 0 Å². The van der Waals surface area contributed by atoms with E-state index in [-0.39, 0.29) is 12.0 Å². The zero-order chi connectivity index (χ0) is 20.1. The second-order valence-corrected chi connectivity index (χ2v) is 7.56. The summed E-state index contributed by atoms with van der Waals surface area (Å²) in [6, 6.07) is 8.51. The lowest BCUT2D eigenvalue weighted by atomic mass is 10.1. The van der Waals surface area contributed by atoms with Gasteiger partial charge in [-0.15, -0.1) is 0 Å². The molecular formula is C23H31N3O2. The Hall–Kier alpha value is -2.40. The molecule has 1 aliphatic heterocycles. The van der Waals surface area contributed by atoms with Gasteiger partial charge in [-0.2, -0.15) is 5.10 Å². The maximum Gasteiger partial charge on any atom is 0.246 e. The summed E-state index contributed by atoms with van der Waals surface area (Å²) in [5.41, 5.74) is 5.52. The Bertz CT molecular complexity index is 834. The molecule has 1 fully saturated rings. The number of benzene rings is 1. The molecule has 5 nitrogen and oxygen atoms in total. The van der Waals surface area contributed by atoms with Gasteiger partial charge in [-0.05, 0) is 52.2 Å². The summed E-state index contributed by atoms with van der Waals surface area (Å²) in [5.74, 6) is 0.0505. The molecule has 150 valence electrons. The number of ether oxygens (including phenoxy) is 1. The van der Waals surface area contributed by atoms with Crippen molar-refractivity contribution in [1.82, 2.24) is 14.7 Å². The van der Waals surface area contributed by atoms with Gasteiger partial charge < -0.3 is 9.64 Å². The normalized spacial score (nSPS) is 17.4. The minimum Gasteiger partial charge on any atom is -0.377 e. The van der Waals surface area contributed by atoms with Crippen molar-refractivity contribution in [3.8, 4) is 0 Å². The maximum atomic E-state index is 12.6. The number of likely N-dealkylation sites (tertiary alicyclic amines) is 1. The summed E-state index contributed by atoms with van der Waals surface area (Å²) in [6.45, 7) is 11.1. The smallest absolute Gasteiger partial charge is 0.246 e. The molecule has 1 amide bonds. The fraction of sp³-hybridized carbons (Fsp3) is 0.478. The molecule has 28 heavy (non-hydrogen) atoms. The summed E-state index contributed by atoms with van der Waals surface area (Å²) >= 11 is 0. The lowest BCUT2D eigenvalue weighted by Gasteiger charge is -2.31. The van der Waals surface area contributed by atoms with Gasteiger partial charge in [-0.25, -0.2) is 0 Å². The zero-order valence-electron chi connectivity index (χ0n) is 17.4. The van der Waals surface area contributed by atoms with Crippen LogP contribution in [0, 0.1) is 20.8 Å². The van der Waals surface area contributed by atoms with E-state index in [0.29, 0.717) is 13.2 Å². The van der Waals surface area contributed by atoms with E-state index in [9.17, 15) is 4.79 Å². The van der Waals surface area contributed by atoms with Crippen molar-refractivity contribution in [2.45, 2.75) is 53.2 Å². The molecule has 1 unspecified atom stereocenters. The predicted molar refractivity (Wildman–Crippen MR) is 112 cm³/mol. The van der Waals surface area contributed by atoms with Gasteiger partial charge in [0.1, 0.15) is 0 Å². The molecule has 5 heteroatoms. The average molecular weight is 382 g/mol. The minimum atomic E-state index is 0.0505. The van der Waals surface area contributed by atoms with Gasteiger partial charge in [0.2, 0.25) is 5.91 Å². The SMILES string of the molecule is CCOC1CCCN(C(=O)/C=C/c2c(C)nn(Cc3ccc(C)cc3)c2C)C1. The third-order valence-corrected chi connectivity index (χ3v) is 5.38. The van der Waals surface area contributed by atoms with E-state index in [2.05, 4.69) is 43.2 Å². The first-order valence-corrected chi connectivity index (χ1v) is 10.2. The standard InChI is InChI=1S/C23H31N3O2/c1-5-28-21-7-6-14-25(16-21)23(27)13-12-22-18(3)24-26(19(22)4)15-20-10-8-17(2)9-11-20/h8-13,21H,5-7,14-16H2,1-4H3/b13-12+. The highest BCUT2D eigenvalue weighted by Gasteiger charge is 2.22. The Labute approximate surface area is 168 Å². The summed E-state index contributed by atoms with van der Waals surface area (Å²) in [6.07, 6.45) is 5.79. The number of aromatic nitrogens is 2. The molecule has 1 aromatic carbocycles. The van der Waals surface area contributed by atoms with Crippen molar-refractivity contribution in [3.05, 3.63) is 58.4 Å². The van der Waals surface area contributed by atoms with Crippen LogP contribution in [0.3, 0.4) is 0 Å². The molecule has 3 rings (SSSR count). The Morgan fingerprint density at radius 3 is 2.71 bits per heavy atom. The second kappa shape index (κ2) is 9.20. The van der Waals surface area contributed by atoms with Crippen LogP contribution in [0.5, 0.6) is 0 Å². The first-order valence-electron chi connectivity index (χ1n) is 10.2. The van der Waals surface area contributed by atoms with Crippen LogP contribution in [0.25, 0.3) is 6.08 Å². The van der Waals surface area contributed by atoms with Crippen molar-refractivity contribution >= 4 is 12.0 Å². The van der Waals surface area contributed by atoms with E-state index in [1.54, 1.807) is 6.08 Å². The lowest BCUT2D eigenvalue weighted by molar-refractivity contribution is -0.129. The van der Waals surface area contributed by atoms with E-state index in [0.717, 1.165) is 42.9 Å². The lowest BCUT2D eigenvalue weighted by Crippen LogP contribution is -2.42. The van der Waals surface area contributed by atoms with Crippen LogP contribution in [0.4, 0.5) is 0 Å². The number of hydrogen-bond donors (Lipinski definition) is 0. The van der Waals surface area contributed by atoms with E-state index in [1.165, 1.54) is 11.1 Å². The topological polar surface area (TPSA) is 47.4 Å². The summed E-state index contributed by atoms with van der Waals surface area (Å²) in [5, 5.41) is 4.68. The van der Waals surface area contributed by atoms with Crippen LogP contribution in [0.2, 0.25) is 0 Å². The molecule has 0 radical (unpaired) electrons. The van der Waals surface area contributed by atoms with Crippen LogP contribution in [0.15, 0.2) is 30.3 Å². The predicted octanol–water partition coefficient (Wildman–Crippen LogP) is 3.90. The van der Waals surface area contributed by atoms with Crippen LogP contribution in [0.1, 0.15) is 47.8 Å². The Balaban J connectivity index is 1.69. The molecule has 0 N–H and O–H groups in total. The maximum absolute atomic E-state index is 12.6. The minimum absolute atomic E-state index is 0.0505. The molecule has 0 bridgehead atoms. The van der Waals surface area contributed by atoms with Crippen LogP contribution < -0.4 is 0 Å². The highest BCUT2D eigenvalue weighted by Crippen LogP contribution is 2.18. The van der Waals surface area contributed by atoms with E-state index < -0.39 is 0 Å². The van der Waals surface area contributed by atoms with Gasteiger partial charge in [0.15, 0.2) is 0 Å². The molecule has 0 spiro atoms. The molecule has 0 aliphatic carbocycles. The third kappa shape index (κ3) is 4.90. The van der Waals surface area contributed by atoms with Crippen molar-refractivity contribution in [2.75, 3.05) is 19.7 Å². The number of hydrogen-bond acceptors (Lipinski definition) is 3. The number of carbonyl (C=O) groups excluding carboxylic acids is 1. The fourth-order valence-electron chi connectivity index (χ4n) is 3.74. The van der Waals surface area contributed by atoms with Crippen molar-refractivity contribution in [1.29, 1.82) is 0 Å². The summed E-state index contributed by atoms with van der Waals surface area (Å²) in [4.78, 5) is 14.5. The van der Waals surface area contributed by atoms with Crippen molar-refractivity contribution in [2.24, 2.45) is 0 Å². The van der Waals surface area contributed by atoms with Gasteiger partial charge >= 0.3 is 0 Å². The molecule has 1 aromatic heterocycles. The van der Waals surface area contributed by atoms with Gasteiger partial charge in [-0.1, -0.05) is 29.8 Å². The van der Waals surface area contributed by atoms with Gasteiger partial charge in [0.25, 0.3) is 0 Å². The molecular weight excluding hydrogens is 350 g/mol. The Kier molecular flexibility index (Phi) is 6.68. The molecule has 1 saturated heterocycles.